The van der Waals surface area contributed by atoms with E-state index in [-0.39, 0.29) is 11.1 Å². The highest BCUT2D eigenvalue weighted by molar-refractivity contribution is 5.92. The molecule has 1 aromatic carbocycles. The summed E-state index contributed by atoms with van der Waals surface area (Å²) in [6.07, 6.45) is 0. The summed E-state index contributed by atoms with van der Waals surface area (Å²) >= 11 is 0. The van der Waals surface area contributed by atoms with E-state index >= 15 is 0 Å². The number of hydrogen-bond acceptors (Lipinski definition) is 4. The summed E-state index contributed by atoms with van der Waals surface area (Å²) in [6, 6.07) is 10.4. The fraction of sp³-hybridized carbons (Fsp3) is 0.133. The summed E-state index contributed by atoms with van der Waals surface area (Å²) < 4.78 is 5.07. The van der Waals surface area contributed by atoms with Gasteiger partial charge in [0.05, 0.1) is 29.6 Å². The molecular weight excluding hydrogens is 256 g/mol. The molecular formula is C15H12N2O3. The van der Waals surface area contributed by atoms with Crippen LogP contribution in [0.3, 0.4) is 0 Å². The van der Waals surface area contributed by atoms with Gasteiger partial charge in [-0.1, -0.05) is 0 Å². The number of hydrogen-bond donors (Lipinski definition) is 1. The highest BCUT2D eigenvalue weighted by Gasteiger charge is 2.16. The van der Waals surface area contributed by atoms with Crippen molar-refractivity contribution >= 4 is 5.97 Å². The number of carbonyl (C=O) groups is 1. The standard InChI is InChI=1S/C15H12N2O3/c1-9-13(8-16)12(15(18)19)7-14(17-9)10-3-5-11(20-2)6-4-10/h3-7H,1-2H3,(H,18,19). The molecule has 5 nitrogen and oxygen atoms in total. The predicted molar refractivity (Wildman–Crippen MR) is 72.6 cm³/mol. The second-order valence-electron chi connectivity index (χ2n) is 4.16. The van der Waals surface area contributed by atoms with Crippen molar-refractivity contribution in [3.63, 3.8) is 0 Å². The van der Waals surface area contributed by atoms with Crippen LogP contribution in [-0.2, 0) is 0 Å². The Balaban J connectivity index is 2.57. The first-order chi connectivity index (χ1) is 9.56. The van der Waals surface area contributed by atoms with Gasteiger partial charge in [0.15, 0.2) is 0 Å². The van der Waals surface area contributed by atoms with Gasteiger partial charge in [0.2, 0.25) is 0 Å². The Morgan fingerprint density at radius 1 is 1.35 bits per heavy atom. The van der Waals surface area contributed by atoms with Gasteiger partial charge in [0.25, 0.3) is 0 Å². The van der Waals surface area contributed by atoms with Crippen molar-refractivity contribution in [3.8, 4) is 23.1 Å². The lowest BCUT2D eigenvalue weighted by molar-refractivity contribution is 0.0696. The van der Waals surface area contributed by atoms with Crippen molar-refractivity contribution < 1.29 is 14.6 Å². The molecule has 0 atom stereocenters. The fourth-order valence-electron chi connectivity index (χ4n) is 1.89. The van der Waals surface area contributed by atoms with Gasteiger partial charge in [-0.15, -0.1) is 0 Å². The molecule has 5 heteroatoms. The number of carboxylic acid groups (broad SMARTS) is 1. The smallest absolute Gasteiger partial charge is 0.337 e. The second kappa shape index (κ2) is 5.41. The van der Waals surface area contributed by atoms with Gasteiger partial charge in [-0.25, -0.2) is 4.79 Å². The van der Waals surface area contributed by atoms with E-state index in [1.165, 1.54) is 6.07 Å². The average Bonchev–Trinajstić information content (AvgIpc) is 2.46. The lowest BCUT2D eigenvalue weighted by Crippen LogP contribution is -2.05. The molecule has 0 bridgehead atoms. The van der Waals surface area contributed by atoms with Gasteiger partial charge in [-0.05, 0) is 37.3 Å². The first-order valence-corrected chi connectivity index (χ1v) is 5.86. The molecule has 0 aliphatic carbocycles. The minimum Gasteiger partial charge on any atom is -0.497 e. The monoisotopic (exact) mass is 268 g/mol. The highest BCUT2D eigenvalue weighted by Crippen LogP contribution is 2.24. The molecule has 0 saturated carbocycles. The van der Waals surface area contributed by atoms with Crippen LogP contribution in [0.1, 0.15) is 21.6 Å². The Morgan fingerprint density at radius 3 is 2.50 bits per heavy atom. The van der Waals surface area contributed by atoms with E-state index in [0.29, 0.717) is 17.1 Å². The number of ether oxygens (including phenoxy) is 1. The molecule has 0 saturated heterocycles. The quantitative estimate of drug-likeness (QED) is 0.925. The fourth-order valence-corrected chi connectivity index (χ4v) is 1.89. The number of carboxylic acids is 1. The predicted octanol–water partition coefficient (Wildman–Crippen LogP) is 2.64. The normalized spacial score (nSPS) is 9.85. The van der Waals surface area contributed by atoms with Gasteiger partial charge in [0, 0.05) is 5.56 Å². The van der Waals surface area contributed by atoms with E-state index in [1.54, 1.807) is 38.3 Å². The van der Waals surface area contributed by atoms with E-state index in [0.717, 1.165) is 5.56 Å². The Labute approximate surface area is 116 Å². The first kappa shape index (κ1) is 13.6. The van der Waals surface area contributed by atoms with Crippen molar-refractivity contribution in [2.75, 3.05) is 7.11 Å². The van der Waals surface area contributed by atoms with Crippen LogP contribution < -0.4 is 4.74 Å². The van der Waals surface area contributed by atoms with Crippen LogP contribution in [0.15, 0.2) is 30.3 Å². The van der Waals surface area contributed by atoms with E-state index in [4.69, 9.17) is 10.00 Å². The number of rotatable bonds is 3. The van der Waals surface area contributed by atoms with Crippen LogP contribution in [0.5, 0.6) is 5.75 Å². The van der Waals surface area contributed by atoms with Gasteiger partial charge in [-0.2, -0.15) is 5.26 Å². The van der Waals surface area contributed by atoms with E-state index in [2.05, 4.69) is 4.98 Å². The van der Waals surface area contributed by atoms with Crippen LogP contribution in [0.25, 0.3) is 11.3 Å². The number of benzene rings is 1. The summed E-state index contributed by atoms with van der Waals surface area (Å²) in [5, 5.41) is 18.2. The average molecular weight is 268 g/mol. The van der Waals surface area contributed by atoms with E-state index < -0.39 is 5.97 Å². The Hall–Kier alpha value is -2.87. The third kappa shape index (κ3) is 2.45. The topological polar surface area (TPSA) is 83.2 Å². The summed E-state index contributed by atoms with van der Waals surface area (Å²) in [6.45, 7) is 1.62. The molecule has 2 aromatic rings. The largest absolute Gasteiger partial charge is 0.497 e. The second-order valence-corrected chi connectivity index (χ2v) is 4.16. The van der Waals surface area contributed by atoms with Crippen molar-refractivity contribution in [1.82, 2.24) is 4.98 Å². The Bertz CT molecular complexity index is 700. The lowest BCUT2D eigenvalue weighted by atomic mass is 10.0. The molecule has 1 aromatic heterocycles. The minimum absolute atomic E-state index is 0.0363. The van der Waals surface area contributed by atoms with Gasteiger partial charge in [-0.3, -0.25) is 4.98 Å². The zero-order valence-electron chi connectivity index (χ0n) is 11.0. The van der Waals surface area contributed by atoms with Crippen molar-refractivity contribution in [3.05, 3.63) is 47.2 Å². The van der Waals surface area contributed by atoms with E-state index in [9.17, 15) is 9.90 Å². The Morgan fingerprint density at radius 2 is 2.00 bits per heavy atom. The number of nitrogens with zero attached hydrogens (tertiary/aromatic N) is 2. The molecule has 0 unspecified atom stereocenters. The highest BCUT2D eigenvalue weighted by atomic mass is 16.5. The zero-order valence-corrected chi connectivity index (χ0v) is 11.0. The number of methoxy groups -OCH3 is 1. The molecule has 100 valence electrons. The Kier molecular flexibility index (Phi) is 3.67. The third-order valence-corrected chi connectivity index (χ3v) is 2.93. The molecule has 0 fully saturated rings. The number of pyridine rings is 1. The third-order valence-electron chi connectivity index (χ3n) is 2.93. The van der Waals surface area contributed by atoms with Crippen LogP contribution in [-0.4, -0.2) is 23.2 Å². The van der Waals surface area contributed by atoms with Crippen LogP contribution >= 0.6 is 0 Å². The van der Waals surface area contributed by atoms with Crippen molar-refractivity contribution in [1.29, 1.82) is 5.26 Å². The molecule has 1 heterocycles. The van der Waals surface area contributed by atoms with Gasteiger partial charge in [0.1, 0.15) is 11.8 Å². The number of aryl methyl sites for hydroxylation is 1. The van der Waals surface area contributed by atoms with Crippen molar-refractivity contribution in [2.24, 2.45) is 0 Å². The van der Waals surface area contributed by atoms with Crippen LogP contribution in [0.4, 0.5) is 0 Å². The molecule has 1 N–H and O–H groups in total. The van der Waals surface area contributed by atoms with Crippen LogP contribution in [0.2, 0.25) is 0 Å². The summed E-state index contributed by atoms with van der Waals surface area (Å²) in [4.78, 5) is 15.5. The molecule has 0 spiro atoms. The summed E-state index contributed by atoms with van der Waals surface area (Å²) in [5.74, 6) is -0.431. The molecule has 0 aliphatic heterocycles. The molecule has 20 heavy (non-hydrogen) atoms. The molecule has 0 radical (unpaired) electrons. The van der Waals surface area contributed by atoms with Crippen molar-refractivity contribution in [2.45, 2.75) is 6.92 Å². The van der Waals surface area contributed by atoms with Crippen LogP contribution in [0, 0.1) is 18.3 Å². The number of nitriles is 1. The minimum atomic E-state index is -1.14. The number of aromatic nitrogens is 1. The van der Waals surface area contributed by atoms with Gasteiger partial charge >= 0.3 is 5.97 Å². The maximum atomic E-state index is 11.2. The van der Waals surface area contributed by atoms with E-state index in [1.807, 2.05) is 6.07 Å². The van der Waals surface area contributed by atoms with Gasteiger partial charge < -0.3 is 9.84 Å². The number of aromatic carboxylic acids is 1. The summed E-state index contributed by atoms with van der Waals surface area (Å²) in [7, 11) is 1.57. The maximum Gasteiger partial charge on any atom is 0.337 e. The summed E-state index contributed by atoms with van der Waals surface area (Å²) in [5.41, 5.74) is 1.74. The maximum absolute atomic E-state index is 11.2. The first-order valence-electron chi connectivity index (χ1n) is 5.86. The molecule has 2 rings (SSSR count). The zero-order chi connectivity index (χ0) is 14.7. The SMILES string of the molecule is COc1ccc(-c2cc(C(=O)O)c(C#N)c(C)n2)cc1. The molecule has 0 amide bonds. The lowest BCUT2D eigenvalue weighted by Gasteiger charge is -2.08. The molecule has 0 aliphatic rings.